The summed E-state index contributed by atoms with van der Waals surface area (Å²) in [7, 11) is 0. The monoisotopic (exact) mass is 882 g/mol. The summed E-state index contributed by atoms with van der Waals surface area (Å²) in [5.74, 6) is 1.08. The molecule has 316 valence electrons. The minimum absolute atomic E-state index is 0.356. The molecule has 0 N–H and O–H groups in total. The second-order valence-corrected chi connectivity index (χ2v) is 19.6. The van der Waals surface area contributed by atoms with Crippen LogP contribution >= 0.6 is 22.7 Å². The molecular weight excluding hydrogens is 837 g/mol. The average molecular weight is 883 g/mol. The first-order chi connectivity index (χ1) is 32.6. The van der Waals surface area contributed by atoms with Crippen LogP contribution in [0.2, 0.25) is 0 Å². The van der Waals surface area contributed by atoms with Crippen molar-refractivity contribution in [2.45, 2.75) is 39.0 Å². The first-order valence-corrected chi connectivity index (χ1v) is 24.7. The molecule has 0 fully saturated rings. The van der Waals surface area contributed by atoms with E-state index in [2.05, 4.69) is 214 Å². The van der Waals surface area contributed by atoms with E-state index < -0.39 is 0 Å². The number of fused-ring (bicyclic) bond motifs is 10. The normalized spacial score (nSPS) is 14.4. The van der Waals surface area contributed by atoms with Gasteiger partial charge in [-0.2, -0.15) is 0 Å². The highest BCUT2D eigenvalue weighted by Gasteiger charge is 2.27. The van der Waals surface area contributed by atoms with Gasteiger partial charge in [0.15, 0.2) is 5.84 Å². The van der Waals surface area contributed by atoms with Crippen LogP contribution in [0, 0.1) is 0 Å². The molecule has 9 aromatic carbocycles. The van der Waals surface area contributed by atoms with Gasteiger partial charge in [0.05, 0.1) is 5.70 Å². The predicted molar refractivity (Wildman–Crippen MR) is 287 cm³/mol. The molecule has 0 spiro atoms. The van der Waals surface area contributed by atoms with E-state index in [-0.39, 0.29) is 0 Å². The smallest absolute Gasteiger partial charge is 0.161 e. The number of nitrogens with zero attached hydrogens (tertiary/aromatic N) is 2. The molecule has 2 nitrogen and oxygen atoms in total. The Kier molecular flexibility index (Phi) is 10.3. The second kappa shape index (κ2) is 17.0. The van der Waals surface area contributed by atoms with E-state index in [1.54, 1.807) is 0 Å². The van der Waals surface area contributed by atoms with Gasteiger partial charge in [-0.15, -0.1) is 22.7 Å². The lowest BCUT2D eigenvalue weighted by Crippen LogP contribution is -2.14. The van der Waals surface area contributed by atoms with Gasteiger partial charge in [0.1, 0.15) is 0 Å². The fourth-order valence-corrected chi connectivity index (χ4v) is 12.7. The van der Waals surface area contributed by atoms with Crippen molar-refractivity contribution in [1.82, 2.24) is 0 Å². The maximum atomic E-state index is 5.65. The van der Waals surface area contributed by atoms with Crippen LogP contribution in [0.5, 0.6) is 0 Å². The summed E-state index contributed by atoms with van der Waals surface area (Å²) >= 11 is 3.74. The largest absolute Gasteiger partial charge is 0.233 e. The Balaban J connectivity index is 0.996. The molecule has 0 saturated heterocycles. The Morgan fingerprint density at radius 3 is 2.05 bits per heavy atom. The van der Waals surface area contributed by atoms with Gasteiger partial charge in [0.2, 0.25) is 0 Å². The number of aliphatic imine (C=N–C) groups is 2. The molecule has 1 aliphatic rings. The highest BCUT2D eigenvalue weighted by Crippen LogP contribution is 2.46. The number of rotatable bonds is 8. The van der Waals surface area contributed by atoms with Crippen LogP contribution in [-0.2, 0) is 12.8 Å². The van der Waals surface area contributed by atoms with Crippen LogP contribution < -0.4 is 0 Å². The van der Waals surface area contributed by atoms with Crippen molar-refractivity contribution < 1.29 is 0 Å². The fourth-order valence-electron chi connectivity index (χ4n) is 10.3. The van der Waals surface area contributed by atoms with Gasteiger partial charge in [-0.05, 0) is 112 Å². The lowest BCUT2D eigenvalue weighted by atomic mass is 9.75. The summed E-state index contributed by atoms with van der Waals surface area (Å²) < 4.78 is 5.11. The van der Waals surface area contributed by atoms with Crippen LogP contribution in [0.25, 0.3) is 79.1 Å². The predicted octanol–water partition coefficient (Wildman–Crippen LogP) is 17.5. The van der Waals surface area contributed by atoms with Crippen molar-refractivity contribution in [3.05, 3.63) is 234 Å². The Labute approximate surface area is 393 Å². The molecule has 0 amide bonds. The van der Waals surface area contributed by atoms with Crippen molar-refractivity contribution in [3.63, 3.8) is 0 Å². The van der Waals surface area contributed by atoms with E-state index in [1.807, 2.05) is 22.7 Å². The van der Waals surface area contributed by atoms with Crippen LogP contribution in [0.15, 0.2) is 210 Å². The molecule has 2 heterocycles. The van der Waals surface area contributed by atoms with Crippen molar-refractivity contribution >= 4 is 91.0 Å². The third-order valence-corrected chi connectivity index (χ3v) is 15.9. The molecule has 0 aliphatic heterocycles. The zero-order valence-electron chi connectivity index (χ0n) is 37.0. The van der Waals surface area contributed by atoms with Gasteiger partial charge in [0.25, 0.3) is 0 Å². The van der Waals surface area contributed by atoms with Gasteiger partial charge < -0.3 is 0 Å². The van der Waals surface area contributed by atoms with Crippen LogP contribution in [0.1, 0.15) is 59.6 Å². The third-order valence-electron chi connectivity index (χ3n) is 13.4. The molecule has 4 heteroatoms. The molecule has 1 aliphatic carbocycles. The summed E-state index contributed by atoms with van der Waals surface area (Å²) in [6.45, 7) is 4.36. The summed E-state index contributed by atoms with van der Waals surface area (Å²) in [5.41, 5.74) is 14.5. The molecular formula is C62H46N2S2. The lowest BCUT2D eigenvalue weighted by Gasteiger charge is -2.29. The molecule has 0 radical (unpaired) electrons. The Bertz CT molecular complexity index is 3750. The Morgan fingerprint density at radius 2 is 1.23 bits per heavy atom. The van der Waals surface area contributed by atoms with Gasteiger partial charge >= 0.3 is 0 Å². The number of hydrogen-bond donors (Lipinski definition) is 0. The van der Waals surface area contributed by atoms with Gasteiger partial charge in [-0.25, -0.2) is 9.98 Å². The highest BCUT2D eigenvalue weighted by molar-refractivity contribution is 7.26. The minimum Gasteiger partial charge on any atom is -0.233 e. The molecule has 2 aromatic heterocycles. The average Bonchev–Trinajstić information content (AvgIpc) is 3.96. The summed E-state index contributed by atoms with van der Waals surface area (Å²) in [6, 6.07) is 71.1. The molecule has 1 atom stereocenters. The zero-order valence-corrected chi connectivity index (χ0v) is 38.6. The number of benzene rings is 9. The van der Waals surface area contributed by atoms with Crippen molar-refractivity contribution in [3.8, 4) is 22.3 Å². The molecule has 1 unspecified atom stereocenters. The molecule has 0 saturated carbocycles. The van der Waals surface area contributed by atoms with Crippen LogP contribution in [-0.4, -0.2) is 11.5 Å². The Morgan fingerprint density at radius 1 is 0.561 bits per heavy atom. The van der Waals surface area contributed by atoms with Crippen molar-refractivity contribution in [2.24, 2.45) is 9.98 Å². The maximum Gasteiger partial charge on any atom is 0.161 e. The number of amidine groups is 1. The van der Waals surface area contributed by atoms with E-state index in [9.17, 15) is 0 Å². The van der Waals surface area contributed by atoms with Gasteiger partial charge in [-0.3, -0.25) is 0 Å². The van der Waals surface area contributed by atoms with E-state index in [1.165, 1.54) is 90.1 Å². The van der Waals surface area contributed by atoms with Gasteiger partial charge in [0, 0.05) is 57.2 Å². The number of thiophene rings is 2. The fraction of sp³-hybridized carbons (Fsp3) is 0.0968. The number of allylic oxidation sites excluding steroid dienone is 1. The molecule has 12 rings (SSSR count). The van der Waals surface area contributed by atoms with Crippen LogP contribution in [0.3, 0.4) is 0 Å². The SMILES string of the molecule is CC/C=C(\N=C(N=C(C)c1ccc(CC2Cc3cc4ccccc4cc3-c3ccccc32)c2sc3ccccc3c12)c1cccc2c1sc1ccccc12)c1ccc(-c2ccccc2)cc1. The van der Waals surface area contributed by atoms with E-state index in [0.29, 0.717) is 5.92 Å². The summed E-state index contributed by atoms with van der Waals surface area (Å²) in [5, 5.41) is 7.67. The second-order valence-electron chi connectivity index (χ2n) is 17.5. The number of hydrogen-bond acceptors (Lipinski definition) is 3. The maximum absolute atomic E-state index is 5.65. The standard InChI is InChI=1S/C62H46N2S2/c1-3-16-56(42-31-29-41(30-32-42)40-17-5-4-6-18-40)64-62(54-26-15-25-52-51-23-11-13-27-57(51)66-61(52)54)63-39(2)48-34-33-45(60-59(48)53-24-12-14-28-58(53)65-60)36-46-37-47-35-43-19-7-8-20-44(43)38-55(47)50-22-10-9-21-49(46)50/h4-35,38,46H,3,36-37H2,1-2H3/b56-16-,63-39?,64-62?. The van der Waals surface area contributed by atoms with Crippen molar-refractivity contribution in [2.75, 3.05) is 0 Å². The first-order valence-electron chi connectivity index (χ1n) is 23.0. The third kappa shape index (κ3) is 7.18. The quantitative estimate of drug-likeness (QED) is 0.107. The zero-order chi connectivity index (χ0) is 44.1. The van der Waals surface area contributed by atoms with E-state index in [4.69, 9.17) is 9.98 Å². The first kappa shape index (κ1) is 40.3. The summed E-state index contributed by atoms with van der Waals surface area (Å²) in [4.78, 5) is 11.2. The molecule has 66 heavy (non-hydrogen) atoms. The molecule has 0 bridgehead atoms. The van der Waals surface area contributed by atoms with E-state index >= 15 is 0 Å². The minimum atomic E-state index is 0.356. The highest BCUT2D eigenvalue weighted by atomic mass is 32.1. The topological polar surface area (TPSA) is 24.7 Å². The van der Waals surface area contributed by atoms with E-state index in [0.717, 1.165) is 53.2 Å². The van der Waals surface area contributed by atoms with Crippen LogP contribution in [0.4, 0.5) is 0 Å². The molecule has 11 aromatic rings. The van der Waals surface area contributed by atoms with Gasteiger partial charge in [-0.1, -0.05) is 183 Å². The Hall–Kier alpha value is -7.24. The summed E-state index contributed by atoms with van der Waals surface area (Å²) in [6.07, 6.45) is 5.05. The lowest BCUT2D eigenvalue weighted by molar-refractivity contribution is 0.676. The van der Waals surface area contributed by atoms with Crippen molar-refractivity contribution in [1.29, 1.82) is 0 Å².